The van der Waals surface area contributed by atoms with Crippen LogP contribution in [0.3, 0.4) is 0 Å². The Labute approximate surface area is 127 Å². The predicted molar refractivity (Wildman–Crippen MR) is 83.3 cm³/mol. The molecule has 5 heteroatoms. The van der Waals surface area contributed by atoms with E-state index in [-0.39, 0.29) is 10.7 Å². The molecule has 0 saturated heterocycles. The van der Waals surface area contributed by atoms with Crippen LogP contribution in [-0.4, -0.2) is 4.99 Å². The third kappa shape index (κ3) is 3.08. The second-order valence-electron chi connectivity index (χ2n) is 4.48. The summed E-state index contributed by atoms with van der Waals surface area (Å²) in [6.45, 7) is 3.74. The van der Waals surface area contributed by atoms with Crippen molar-refractivity contribution >= 4 is 28.8 Å². The molecule has 0 saturated carbocycles. The summed E-state index contributed by atoms with van der Waals surface area (Å²) in [4.78, 5) is 0.147. The molecule has 20 heavy (non-hydrogen) atoms. The molecule has 0 unspecified atom stereocenters. The predicted octanol–water partition coefficient (Wildman–Crippen LogP) is 4.52. The van der Waals surface area contributed by atoms with E-state index in [9.17, 15) is 4.39 Å². The first-order chi connectivity index (χ1) is 9.38. The van der Waals surface area contributed by atoms with Crippen molar-refractivity contribution in [2.45, 2.75) is 13.8 Å². The average Bonchev–Trinajstić information content (AvgIpc) is 2.38. The first-order valence-electron chi connectivity index (χ1n) is 5.92. The van der Waals surface area contributed by atoms with Gasteiger partial charge < -0.3 is 10.5 Å². The Hall–Kier alpha value is -1.65. The van der Waals surface area contributed by atoms with Crippen molar-refractivity contribution in [1.29, 1.82) is 0 Å². The summed E-state index contributed by atoms with van der Waals surface area (Å²) >= 11 is 10.9. The van der Waals surface area contributed by atoms with E-state index in [1.54, 1.807) is 18.2 Å². The summed E-state index contributed by atoms with van der Waals surface area (Å²) in [6, 6.07) is 7.90. The molecule has 2 rings (SSSR count). The highest BCUT2D eigenvalue weighted by molar-refractivity contribution is 7.80. The molecule has 0 aromatic heterocycles. The summed E-state index contributed by atoms with van der Waals surface area (Å²) in [6.07, 6.45) is 0. The highest BCUT2D eigenvalue weighted by Gasteiger charge is 2.09. The van der Waals surface area contributed by atoms with Gasteiger partial charge in [-0.3, -0.25) is 0 Å². The lowest BCUT2D eigenvalue weighted by atomic mass is 10.1. The second-order valence-corrected chi connectivity index (χ2v) is 5.30. The van der Waals surface area contributed by atoms with Crippen molar-refractivity contribution in [3.05, 3.63) is 57.9 Å². The van der Waals surface area contributed by atoms with Crippen LogP contribution in [0.15, 0.2) is 30.3 Å². The molecule has 2 N–H and O–H groups in total. The molecule has 2 aromatic carbocycles. The Morgan fingerprint density at radius 3 is 2.30 bits per heavy atom. The van der Waals surface area contributed by atoms with Crippen LogP contribution in [0.2, 0.25) is 5.02 Å². The minimum atomic E-state index is -0.513. The number of aryl methyl sites for hydroxylation is 2. The fraction of sp³-hybridized carbons (Fsp3) is 0.133. The van der Waals surface area contributed by atoms with Crippen molar-refractivity contribution in [2.24, 2.45) is 5.73 Å². The van der Waals surface area contributed by atoms with E-state index in [2.05, 4.69) is 0 Å². The molecule has 0 heterocycles. The number of rotatable bonds is 3. The lowest BCUT2D eigenvalue weighted by Gasteiger charge is -2.11. The van der Waals surface area contributed by atoms with Gasteiger partial charge in [-0.05, 0) is 55.3 Å². The normalized spacial score (nSPS) is 10.4. The minimum Gasteiger partial charge on any atom is -0.454 e. The molecule has 2 nitrogen and oxygen atoms in total. The molecule has 0 fully saturated rings. The number of halogens is 2. The monoisotopic (exact) mass is 309 g/mol. The van der Waals surface area contributed by atoms with Crippen molar-refractivity contribution in [3.63, 3.8) is 0 Å². The zero-order valence-corrected chi connectivity index (χ0v) is 12.6. The van der Waals surface area contributed by atoms with Gasteiger partial charge in [0.2, 0.25) is 0 Å². The second kappa shape index (κ2) is 5.77. The van der Waals surface area contributed by atoms with Gasteiger partial charge in [0.05, 0.1) is 0 Å². The fourth-order valence-electron chi connectivity index (χ4n) is 1.83. The van der Waals surface area contributed by atoms with Gasteiger partial charge in [0.15, 0.2) is 11.6 Å². The smallest absolute Gasteiger partial charge is 0.166 e. The van der Waals surface area contributed by atoms with Gasteiger partial charge >= 0.3 is 0 Å². The molecule has 0 aliphatic heterocycles. The molecule has 0 atom stereocenters. The van der Waals surface area contributed by atoms with Gasteiger partial charge in [-0.2, -0.15) is 0 Å². The Balaban J connectivity index is 2.33. The number of nitrogens with two attached hydrogens (primary N) is 1. The van der Waals surface area contributed by atoms with Crippen LogP contribution in [0.5, 0.6) is 11.5 Å². The summed E-state index contributed by atoms with van der Waals surface area (Å²) in [5.41, 5.74) is 7.67. The summed E-state index contributed by atoms with van der Waals surface area (Å²) < 4.78 is 19.5. The summed E-state index contributed by atoms with van der Waals surface area (Å²) in [5.74, 6) is 0.137. The quantitative estimate of drug-likeness (QED) is 0.846. The molecular weight excluding hydrogens is 297 g/mol. The maximum Gasteiger partial charge on any atom is 0.166 e. The molecule has 0 spiro atoms. The Morgan fingerprint density at radius 2 is 1.80 bits per heavy atom. The van der Waals surface area contributed by atoms with E-state index in [1.807, 2.05) is 13.8 Å². The van der Waals surface area contributed by atoms with Crippen LogP contribution in [0, 0.1) is 19.7 Å². The largest absolute Gasteiger partial charge is 0.454 e. The van der Waals surface area contributed by atoms with Crippen LogP contribution in [-0.2, 0) is 0 Å². The lowest BCUT2D eigenvalue weighted by Crippen LogP contribution is -2.09. The van der Waals surface area contributed by atoms with E-state index in [0.29, 0.717) is 16.3 Å². The highest BCUT2D eigenvalue weighted by atomic mass is 35.5. The van der Waals surface area contributed by atoms with Crippen molar-refractivity contribution in [2.75, 3.05) is 0 Å². The van der Waals surface area contributed by atoms with Crippen LogP contribution < -0.4 is 10.5 Å². The lowest BCUT2D eigenvalue weighted by molar-refractivity contribution is 0.441. The van der Waals surface area contributed by atoms with Crippen molar-refractivity contribution in [3.8, 4) is 11.5 Å². The number of ether oxygens (including phenoxy) is 1. The van der Waals surface area contributed by atoms with Gasteiger partial charge in [0.25, 0.3) is 0 Å². The maximum atomic E-state index is 13.9. The minimum absolute atomic E-state index is 0.117. The molecule has 0 bridgehead atoms. The van der Waals surface area contributed by atoms with Crippen molar-refractivity contribution < 1.29 is 9.13 Å². The van der Waals surface area contributed by atoms with E-state index < -0.39 is 5.82 Å². The van der Waals surface area contributed by atoms with E-state index in [4.69, 9.17) is 34.3 Å². The Kier molecular flexibility index (Phi) is 4.26. The summed E-state index contributed by atoms with van der Waals surface area (Å²) in [7, 11) is 0. The van der Waals surface area contributed by atoms with E-state index >= 15 is 0 Å². The fourth-order valence-corrected chi connectivity index (χ4v) is 2.07. The highest BCUT2D eigenvalue weighted by Crippen LogP contribution is 2.30. The SMILES string of the molecule is Cc1cc(Oc2ccc(C(N)=S)cc2F)cc(C)c1Cl. The van der Waals surface area contributed by atoms with Gasteiger partial charge in [0.1, 0.15) is 10.7 Å². The third-order valence-electron chi connectivity index (χ3n) is 2.85. The van der Waals surface area contributed by atoms with Crippen molar-refractivity contribution in [1.82, 2.24) is 0 Å². The summed E-state index contributed by atoms with van der Waals surface area (Å²) in [5, 5.41) is 0.682. The maximum absolute atomic E-state index is 13.9. The van der Waals surface area contributed by atoms with Gasteiger partial charge in [0, 0.05) is 10.6 Å². The van der Waals surface area contributed by atoms with Crippen LogP contribution in [0.25, 0.3) is 0 Å². The number of hydrogen-bond donors (Lipinski definition) is 1. The molecule has 104 valence electrons. The number of thiocarbonyl (C=S) groups is 1. The molecular formula is C15H13ClFNOS. The topological polar surface area (TPSA) is 35.2 Å². The van der Waals surface area contributed by atoms with Gasteiger partial charge in [-0.1, -0.05) is 23.8 Å². The molecule has 0 amide bonds. The molecule has 2 aromatic rings. The number of hydrogen-bond acceptors (Lipinski definition) is 2. The molecule has 0 aliphatic carbocycles. The third-order valence-corrected chi connectivity index (χ3v) is 3.69. The van der Waals surface area contributed by atoms with Crippen LogP contribution >= 0.6 is 23.8 Å². The van der Waals surface area contributed by atoms with E-state index in [1.165, 1.54) is 12.1 Å². The van der Waals surface area contributed by atoms with Crippen LogP contribution in [0.4, 0.5) is 4.39 Å². The van der Waals surface area contributed by atoms with Crippen LogP contribution in [0.1, 0.15) is 16.7 Å². The van der Waals surface area contributed by atoms with Gasteiger partial charge in [-0.25, -0.2) is 4.39 Å². The first-order valence-corrected chi connectivity index (χ1v) is 6.71. The van der Waals surface area contributed by atoms with E-state index in [0.717, 1.165) is 11.1 Å². The zero-order valence-electron chi connectivity index (χ0n) is 11.0. The molecule has 0 radical (unpaired) electrons. The first kappa shape index (κ1) is 14.8. The Bertz CT molecular complexity index is 665. The average molecular weight is 310 g/mol. The zero-order chi connectivity index (χ0) is 14.9. The number of benzene rings is 2. The van der Waals surface area contributed by atoms with Gasteiger partial charge in [-0.15, -0.1) is 0 Å². The Morgan fingerprint density at radius 1 is 1.20 bits per heavy atom. The molecule has 0 aliphatic rings. The standard InChI is InChI=1S/C15H13ClFNOS/c1-8-5-11(6-9(2)14(8)16)19-13-4-3-10(15(18)20)7-12(13)17/h3-7H,1-2H3,(H2,18,20).